The van der Waals surface area contributed by atoms with Crippen LogP contribution in [0.3, 0.4) is 0 Å². The van der Waals surface area contributed by atoms with Gasteiger partial charge in [0.1, 0.15) is 11.7 Å². The first-order valence-electron chi connectivity index (χ1n) is 5.97. The lowest BCUT2D eigenvalue weighted by Crippen LogP contribution is -2.21. The van der Waals surface area contributed by atoms with Crippen molar-refractivity contribution in [3.63, 3.8) is 0 Å². The number of benzene rings is 1. The molecule has 0 fully saturated rings. The topological polar surface area (TPSA) is 62.1 Å². The Balaban J connectivity index is 2.76. The summed E-state index contributed by atoms with van der Waals surface area (Å²) in [4.78, 5) is 11.8. The largest absolute Gasteiger partial charge is 0.496 e. The van der Waals surface area contributed by atoms with Crippen LogP contribution in [0.1, 0.15) is 25.3 Å². The van der Waals surface area contributed by atoms with Crippen LogP contribution in [0, 0.1) is 24.2 Å². The van der Waals surface area contributed by atoms with Crippen LogP contribution < -0.4 is 10.1 Å². The van der Waals surface area contributed by atoms with E-state index in [0.717, 1.165) is 17.7 Å². The van der Waals surface area contributed by atoms with E-state index in [2.05, 4.69) is 5.32 Å². The quantitative estimate of drug-likeness (QED) is 0.868. The molecule has 1 unspecified atom stereocenters. The maximum Gasteiger partial charge on any atom is 0.241 e. The molecule has 4 nitrogen and oxygen atoms in total. The fourth-order valence-electron chi connectivity index (χ4n) is 1.73. The second-order valence-corrected chi connectivity index (χ2v) is 4.14. The lowest BCUT2D eigenvalue weighted by molar-refractivity contribution is -0.118. The number of rotatable bonds is 5. The monoisotopic (exact) mass is 246 g/mol. The number of anilines is 1. The number of carbonyl (C=O) groups is 1. The minimum atomic E-state index is -0.586. The molecule has 96 valence electrons. The molecule has 0 saturated carbocycles. The average Bonchev–Trinajstić information content (AvgIpc) is 2.36. The SMILES string of the molecule is CCCC(C#N)C(=O)Nc1ccc(OC)c(C)c1. The lowest BCUT2D eigenvalue weighted by Gasteiger charge is -2.11. The predicted molar refractivity (Wildman–Crippen MR) is 70.4 cm³/mol. The molecule has 0 saturated heterocycles. The second-order valence-electron chi connectivity index (χ2n) is 4.14. The molecule has 1 aromatic carbocycles. The Morgan fingerprint density at radius 3 is 2.78 bits per heavy atom. The molecule has 0 bridgehead atoms. The van der Waals surface area contributed by atoms with Gasteiger partial charge in [-0.25, -0.2) is 0 Å². The minimum absolute atomic E-state index is 0.246. The lowest BCUT2D eigenvalue weighted by atomic mass is 10.0. The zero-order valence-electron chi connectivity index (χ0n) is 11.0. The van der Waals surface area contributed by atoms with Gasteiger partial charge >= 0.3 is 0 Å². The van der Waals surface area contributed by atoms with E-state index in [9.17, 15) is 4.79 Å². The van der Waals surface area contributed by atoms with Gasteiger partial charge in [-0.05, 0) is 37.1 Å². The Bertz CT molecular complexity index is 463. The first-order valence-corrected chi connectivity index (χ1v) is 5.97. The van der Waals surface area contributed by atoms with Crippen molar-refractivity contribution in [1.29, 1.82) is 5.26 Å². The maximum absolute atomic E-state index is 11.8. The summed E-state index contributed by atoms with van der Waals surface area (Å²) in [5, 5.41) is 11.7. The van der Waals surface area contributed by atoms with Crippen molar-refractivity contribution in [2.24, 2.45) is 5.92 Å². The summed E-state index contributed by atoms with van der Waals surface area (Å²) in [5.41, 5.74) is 1.63. The number of amides is 1. The third-order valence-corrected chi connectivity index (χ3v) is 2.71. The maximum atomic E-state index is 11.8. The summed E-state index contributed by atoms with van der Waals surface area (Å²) < 4.78 is 5.15. The Labute approximate surface area is 108 Å². The van der Waals surface area contributed by atoms with Crippen LogP contribution >= 0.6 is 0 Å². The third kappa shape index (κ3) is 3.49. The van der Waals surface area contributed by atoms with E-state index in [0.29, 0.717) is 12.1 Å². The molecule has 1 aromatic rings. The van der Waals surface area contributed by atoms with Gasteiger partial charge in [0.15, 0.2) is 0 Å². The van der Waals surface area contributed by atoms with Crippen LogP contribution in [0.25, 0.3) is 0 Å². The number of nitrogens with zero attached hydrogens (tertiary/aromatic N) is 1. The van der Waals surface area contributed by atoms with Crippen LogP contribution in [0.5, 0.6) is 5.75 Å². The molecule has 4 heteroatoms. The highest BCUT2D eigenvalue weighted by Crippen LogP contribution is 2.22. The van der Waals surface area contributed by atoms with Crippen molar-refractivity contribution in [3.8, 4) is 11.8 Å². The van der Waals surface area contributed by atoms with Gasteiger partial charge in [0.2, 0.25) is 5.91 Å². The van der Waals surface area contributed by atoms with Crippen molar-refractivity contribution in [2.45, 2.75) is 26.7 Å². The minimum Gasteiger partial charge on any atom is -0.496 e. The van der Waals surface area contributed by atoms with Crippen LogP contribution in [-0.2, 0) is 4.79 Å². The number of nitriles is 1. The first-order chi connectivity index (χ1) is 8.62. The molecule has 1 atom stereocenters. The normalized spacial score (nSPS) is 11.4. The molecule has 1 amide bonds. The molecular weight excluding hydrogens is 228 g/mol. The number of nitrogens with one attached hydrogen (secondary N) is 1. The Kier molecular flexibility index (Phi) is 5.19. The summed E-state index contributed by atoms with van der Waals surface area (Å²) in [6.07, 6.45) is 1.39. The highest BCUT2D eigenvalue weighted by Gasteiger charge is 2.16. The smallest absolute Gasteiger partial charge is 0.241 e. The zero-order valence-corrected chi connectivity index (χ0v) is 11.0. The first kappa shape index (κ1) is 14.0. The molecule has 0 aliphatic rings. The molecule has 0 aromatic heterocycles. The van der Waals surface area contributed by atoms with E-state index in [1.807, 2.05) is 26.0 Å². The van der Waals surface area contributed by atoms with Gasteiger partial charge in [-0.1, -0.05) is 13.3 Å². The zero-order chi connectivity index (χ0) is 13.5. The summed E-state index contributed by atoms with van der Waals surface area (Å²) in [6, 6.07) is 7.42. The Morgan fingerprint density at radius 2 is 2.28 bits per heavy atom. The van der Waals surface area contributed by atoms with Gasteiger partial charge in [-0.3, -0.25) is 4.79 Å². The van der Waals surface area contributed by atoms with Crippen LogP contribution in [0.4, 0.5) is 5.69 Å². The van der Waals surface area contributed by atoms with E-state index < -0.39 is 5.92 Å². The van der Waals surface area contributed by atoms with Crippen molar-refractivity contribution < 1.29 is 9.53 Å². The van der Waals surface area contributed by atoms with Gasteiger partial charge in [0, 0.05) is 5.69 Å². The number of methoxy groups -OCH3 is 1. The molecular formula is C14H18N2O2. The molecule has 0 aliphatic carbocycles. The van der Waals surface area contributed by atoms with Crippen LogP contribution in [0.15, 0.2) is 18.2 Å². The van der Waals surface area contributed by atoms with E-state index in [1.54, 1.807) is 19.2 Å². The van der Waals surface area contributed by atoms with Gasteiger partial charge in [-0.2, -0.15) is 5.26 Å². The second kappa shape index (κ2) is 6.65. The highest BCUT2D eigenvalue weighted by atomic mass is 16.5. The summed E-state index contributed by atoms with van der Waals surface area (Å²) in [7, 11) is 1.60. The molecule has 1 rings (SSSR count). The van der Waals surface area contributed by atoms with Gasteiger partial charge in [0.05, 0.1) is 13.2 Å². The van der Waals surface area contributed by atoms with Crippen LogP contribution in [-0.4, -0.2) is 13.0 Å². The Hall–Kier alpha value is -2.02. The molecule has 1 N–H and O–H groups in total. The number of aryl methyl sites for hydroxylation is 1. The molecule has 0 heterocycles. The molecule has 0 aliphatic heterocycles. The average molecular weight is 246 g/mol. The third-order valence-electron chi connectivity index (χ3n) is 2.71. The van der Waals surface area contributed by atoms with Gasteiger partial charge in [-0.15, -0.1) is 0 Å². The summed E-state index contributed by atoms with van der Waals surface area (Å²) in [5.74, 6) is -0.0558. The molecule has 0 spiro atoms. The van der Waals surface area contributed by atoms with E-state index in [4.69, 9.17) is 10.00 Å². The number of hydrogen-bond donors (Lipinski definition) is 1. The van der Waals surface area contributed by atoms with Crippen LogP contribution in [0.2, 0.25) is 0 Å². The van der Waals surface area contributed by atoms with Crippen molar-refractivity contribution in [1.82, 2.24) is 0 Å². The predicted octanol–water partition coefficient (Wildman–Crippen LogP) is 2.88. The number of carbonyl (C=O) groups excluding carboxylic acids is 1. The van der Waals surface area contributed by atoms with Crippen molar-refractivity contribution in [3.05, 3.63) is 23.8 Å². The highest BCUT2D eigenvalue weighted by molar-refractivity contribution is 5.94. The van der Waals surface area contributed by atoms with Crippen molar-refractivity contribution in [2.75, 3.05) is 12.4 Å². The number of ether oxygens (including phenoxy) is 1. The van der Waals surface area contributed by atoms with E-state index in [-0.39, 0.29) is 5.91 Å². The summed E-state index contributed by atoms with van der Waals surface area (Å²) >= 11 is 0. The standard InChI is InChI=1S/C14H18N2O2/c1-4-5-11(9-15)14(17)16-12-6-7-13(18-3)10(2)8-12/h6-8,11H,4-5H2,1-3H3,(H,16,17). The Morgan fingerprint density at radius 1 is 1.56 bits per heavy atom. The van der Waals surface area contributed by atoms with Gasteiger partial charge in [0.25, 0.3) is 0 Å². The van der Waals surface area contributed by atoms with E-state index in [1.165, 1.54) is 0 Å². The van der Waals surface area contributed by atoms with E-state index >= 15 is 0 Å². The fourth-order valence-corrected chi connectivity index (χ4v) is 1.73. The number of hydrogen-bond acceptors (Lipinski definition) is 3. The fraction of sp³-hybridized carbons (Fsp3) is 0.429. The van der Waals surface area contributed by atoms with Gasteiger partial charge < -0.3 is 10.1 Å². The molecule has 0 radical (unpaired) electrons. The molecule has 18 heavy (non-hydrogen) atoms. The van der Waals surface area contributed by atoms with Crippen molar-refractivity contribution >= 4 is 11.6 Å². The summed E-state index contributed by atoms with van der Waals surface area (Å²) in [6.45, 7) is 3.86.